The number of hydrogen-bond donors (Lipinski definition) is 0. The third-order valence-electron chi connectivity index (χ3n) is 5.26. The second kappa shape index (κ2) is 6.40. The van der Waals surface area contributed by atoms with Gasteiger partial charge in [-0.2, -0.15) is 0 Å². The Morgan fingerprint density at radius 1 is 0.781 bits per heavy atom. The average Bonchev–Trinajstić information content (AvgIpc) is 3.10. The monoisotopic (exact) mass is 513 g/mol. The summed E-state index contributed by atoms with van der Waals surface area (Å²) in [6.07, 6.45) is -27.7. The van der Waals surface area contributed by atoms with Gasteiger partial charge in [0.2, 0.25) is 0 Å². The topological polar surface area (TPSA) is 30.9 Å². The summed E-state index contributed by atoms with van der Waals surface area (Å²) in [6.45, 7) is -1.20. The van der Waals surface area contributed by atoms with Gasteiger partial charge in [0.15, 0.2) is 0 Å². The van der Waals surface area contributed by atoms with Crippen LogP contribution in [0.15, 0.2) is 24.3 Å². The third-order valence-corrected chi connectivity index (χ3v) is 10.9. The Morgan fingerprint density at radius 3 is 1.66 bits per heavy atom. The molecule has 184 valence electrons. The van der Waals surface area contributed by atoms with Crippen molar-refractivity contribution in [3.8, 4) is 0 Å². The second-order valence-corrected chi connectivity index (χ2v) is 11.3. The molecule has 4 nitrogen and oxygen atoms in total. The van der Waals surface area contributed by atoms with E-state index >= 15 is 0 Å². The summed E-state index contributed by atoms with van der Waals surface area (Å²) in [6, 6.07) is 3.31. The normalized spacial score (nSPS) is 25.5. The molecule has 0 aliphatic carbocycles. The summed E-state index contributed by atoms with van der Waals surface area (Å²) >= 11 is 0. The van der Waals surface area contributed by atoms with Gasteiger partial charge in [0.1, 0.15) is 0 Å². The number of ether oxygens (including phenoxy) is 1. The maximum absolute atomic E-state index is 14.3. The summed E-state index contributed by atoms with van der Waals surface area (Å²) in [7, 11) is -6.73. The molecule has 0 unspecified atom stereocenters. The number of benzene rings is 1. The van der Waals surface area contributed by atoms with E-state index in [4.69, 9.17) is 4.52 Å². The molecular weight excluding hydrogens is 501 g/mol. The van der Waals surface area contributed by atoms with Crippen LogP contribution in [-0.2, 0) is 20.4 Å². The van der Waals surface area contributed by atoms with E-state index in [-0.39, 0.29) is 4.67 Å². The van der Waals surface area contributed by atoms with Gasteiger partial charge in [0.05, 0.1) is 0 Å². The van der Waals surface area contributed by atoms with Crippen LogP contribution in [0.5, 0.6) is 0 Å². The summed E-state index contributed by atoms with van der Waals surface area (Å²) < 4.78 is 180. The molecule has 1 fully saturated rings. The molecule has 1 spiro atoms. The van der Waals surface area contributed by atoms with Crippen molar-refractivity contribution in [3.05, 3.63) is 29.8 Å². The van der Waals surface area contributed by atoms with Crippen LogP contribution >= 0.6 is 7.21 Å². The molecule has 3 rings (SSSR count). The third kappa shape index (κ3) is 2.50. The molecule has 0 bridgehead atoms. The number of nitrogens with zero attached hydrogens (tertiary/aromatic N) is 1. The van der Waals surface area contributed by atoms with Crippen molar-refractivity contribution in [2.75, 3.05) is 14.1 Å². The van der Waals surface area contributed by atoms with Gasteiger partial charge in [-0.15, -0.1) is 0 Å². The summed E-state index contributed by atoms with van der Waals surface area (Å²) in [4.78, 5) is 0. The van der Waals surface area contributed by atoms with Crippen molar-refractivity contribution < 1.29 is 66.5 Å². The second-order valence-electron chi connectivity index (χ2n) is 7.11. The first kappa shape index (κ1) is 25.3. The molecular formula is C15H12F12NO3P. The van der Waals surface area contributed by atoms with Crippen molar-refractivity contribution >= 4 is 12.5 Å². The van der Waals surface area contributed by atoms with E-state index in [1.165, 1.54) is 0 Å². The van der Waals surface area contributed by atoms with Gasteiger partial charge in [0.25, 0.3) is 0 Å². The Balaban J connectivity index is 2.67. The Morgan fingerprint density at radius 2 is 1.25 bits per heavy atom. The molecule has 0 saturated carbocycles. The predicted octanol–water partition coefficient (Wildman–Crippen LogP) is 5.39. The van der Waals surface area contributed by atoms with E-state index < -0.39 is 60.5 Å². The molecule has 17 heteroatoms. The number of rotatable bonds is 1. The summed E-state index contributed by atoms with van der Waals surface area (Å²) in [5.74, 6) is -6.31. The van der Waals surface area contributed by atoms with Crippen LogP contribution in [0.3, 0.4) is 0 Å². The summed E-state index contributed by atoms with van der Waals surface area (Å²) in [5.41, 5.74) is -0.527. The number of fused-ring (bicyclic) bond motifs is 2. The van der Waals surface area contributed by atoms with Gasteiger partial charge < -0.3 is 0 Å². The molecule has 1 aromatic carbocycles. The Kier molecular flexibility index (Phi) is 5.06. The molecule has 0 atom stereocenters. The molecule has 0 N–H and O–H groups in total. The minimum absolute atomic E-state index is 0.155. The molecule has 1 aromatic rings. The van der Waals surface area contributed by atoms with E-state index in [2.05, 4.69) is 9.26 Å². The molecule has 2 heterocycles. The Bertz CT molecular complexity index is 896. The first-order valence-electron chi connectivity index (χ1n) is 8.26. The summed E-state index contributed by atoms with van der Waals surface area (Å²) in [5, 5.41) is -7.43. The zero-order chi connectivity index (χ0) is 24.8. The van der Waals surface area contributed by atoms with E-state index in [1.54, 1.807) is 0 Å². The van der Waals surface area contributed by atoms with Crippen LogP contribution in [0.25, 0.3) is 0 Å². The van der Waals surface area contributed by atoms with Crippen molar-refractivity contribution in [2.24, 2.45) is 0 Å². The number of alkyl halides is 12. The number of hydrogen-bond acceptors (Lipinski definition) is 4. The number of halogens is 12. The van der Waals surface area contributed by atoms with Crippen LogP contribution in [0, 0.1) is 0 Å². The van der Waals surface area contributed by atoms with Gasteiger partial charge in [-0.1, -0.05) is 0 Å². The van der Waals surface area contributed by atoms with Gasteiger partial charge in [-0.05, 0) is 0 Å². The SMILES string of the molecule is CN(C)P12(OCc3ccccc31)OC(C(F)(F)F)(C(F)(F)F)OC2(C(F)(F)F)C(F)(F)F. The fraction of sp³-hybridized carbons (Fsp3) is 0.600. The van der Waals surface area contributed by atoms with Gasteiger partial charge >= 0.3 is 170 Å². The molecule has 0 amide bonds. The quantitative estimate of drug-likeness (QED) is 0.373. The standard InChI is InChI=1S/C15H12F12NO3P/c1-28(2)32(9-6-4-3-5-8(9)7-29-32)11(14(22,23)24,15(25,26)27)30-10(31-32,12(16,17)18)13(19,20)21/h3-6H,7H2,1-2H3. The van der Waals surface area contributed by atoms with Crippen LogP contribution in [0.1, 0.15) is 5.56 Å². The van der Waals surface area contributed by atoms with Crippen molar-refractivity contribution in [2.45, 2.75) is 42.4 Å². The zero-order valence-corrected chi connectivity index (χ0v) is 16.6. The maximum atomic E-state index is 14.3. The minimum atomic E-state index is -7.53. The van der Waals surface area contributed by atoms with E-state index in [0.717, 1.165) is 18.2 Å². The van der Waals surface area contributed by atoms with E-state index in [1.807, 2.05) is 0 Å². The van der Waals surface area contributed by atoms with Crippen LogP contribution in [-0.4, -0.2) is 54.6 Å². The van der Waals surface area contributed by atoms with E-state index in [0.29, 0.717) is 20.2 Å². The molecule has 1 saturated heterocycles. The molecule has 2 aliphatic rings. The van der Waals surface area contributed by atoms with E-state index in [9.17, 15) is 52.7 Å². The van der Waals surface area contributed by atoms with Crippen molar-refractivity contribution in [3.63, 3.8) is 0 Å². The molecule has 32 heavy (non-hydrogen) atoms. The van der Waals surface area contributed by atoms with Crippen molar-refractivity contribution in [1.29, 1.82) is 0 Å². The first-order chi connectivity index (χ1) is 14.1. The van der Waals surface area contributed by atoms with Crippen LogP contribution in [0.4, 0.5) is 52.7 Å². The van der Waals surface area contributed by atoms with Gasteiger partial charge in [0, 0.05) is 0 Å². The molecule has 0 radical (unpaired) electrons. The van der Waals surface area contributed by atoms with Gasteiger partial charge in [-0.3, -0.25) is 0 Å². The fourth-order valence-electron chi connectivity index (χ4n) is 4.02. The predicted molar refractivity (Wildman–Crippen MR) is 83.3 cm³/mol. The first-order valence-corrected chi connectivity index (χ1v) is 10.3. The molecule has 2 aliphatic heterocycles. The Hall–Kier alpha value is -1.35. The van der Waals surface area contributed by atoms with Crippen LogP contribution < -0.4 is 5.30 Å². The molecule has 0 aromatic heterocycles. The average molecular weight is 513 g/mol. The van der Waals surface area contributed by atoms with Gasteiger partial charge in [-0.25, -0.2) is 0 Å². The Labute approximate surface area is 171 Å². The van der Waals surface area contributed by atoms with Crippen molar-refractivity contribution in [1.82, 2.24) is 4.67 Å². The fourth-order valence-corrected chi connectivity index (χ4v) is 9.63. The van der Waals surface area contributed by atoms with Crippen LogP contribution in [0.2, 0.25) is 0 Å². The zero-order valence-electron chi connectivity index (χ0n) is 15.7.